The van der Waals surface area contributed by atoms with E-state index in [9.17, 15) is 26.4 Å². The first-order valence-electron chi connectivity index (χ1n) is 36.8. The van der Waals surface area contributed by atoms with Gasteiger partial charge in [-0.25, -0.2) is 57.4 Å². The second kappa shape index (κ2) is 40.9. The summed E-state index contributed by atoms with van der Waals surface area (Å²) in [6, 6.07) is 47.6. The summed E-state index contributed by atoms with van der Waals surface area (Å²) < 4.78 is 172. The van der Waals surface area contributed by atoms with Crippen LogP contribution in [0.4, 0.5) is 9.59 Å². The number of carbonyl (C=O) groups excluding carboxylic acids is 2. The van der Waals surface area contributed by atoms with Crippen LogP contribution in [0.1, 0.15) is 88.8 Å². The quantitative estimate of drug-likeness (QED) is 0.0265. The highest BCUT2D eigenvalue weighted by Crippen LogP contribution is 2.41. The first-order valence-corrected chi connectivity index (χ1v) is 44.8. The second-order valence-corrected chi connectivity index (χ2v) is 38.7. The van der Waals surface area contributed by atoms with Crippen LogP contribution in [-0.2, 0) is 88.8 Å². The van der Waals surface area contributed by atoms with Gasteiger partial charge in [0.25, 0.3) is 0 Å². The molecule has 0 aliphatic rings. The Bertz CT molecular complexity index is 5430. The Hall–Kier alpha value is -9.66. The lowest BCUT2D eigenvalue weighted by Crippen LogP contribution is -2.38. The number of alkyl carbamates (subject to hydrolysis) is 2. The number of hydrogen-bond donors (Lipinski definition) is 4. The summed E-state index contributed by atoms with van der Waals surface area (Å²) in [6.07, 6.45) is -1.30. The third-order valence-electron chi connectivity index (χ3n) is 17.6. The van der Waals surface area contributed by atoms with Crippen LogP contribution >= 0.6 is 45.2 Å². The third kappa shape index (κ3) is 25.4. The summed E-state index contributed by atoms with van der Waals surface area (Å²) in [7, 11) is -9.37. The minimum Gasteiger partial charge on any atom is -0.497 e. The zero-order valence-corrected chi connectivity index (χ0v) is 75.2. The second-order valence-electron chi connectivity index (χ2n) is 29.1. The lowest BCUT2D eigenvalue weighted by atomic mass is 10.2. The van der Waals surface area contributed by atoms with Crippen molar-refractivity contribution >= 4 is 97.5 Å². The number of aromatic nitrogens is 8. The Morgan fingerprint density at radius 2 is 0.729 bits per heavy atom. The molecule has 2 atom stereocenters. The summed E-state index contributed by atoms with van der Waals surface area (Å²) in [4.78, 5) is 23.8. The van der Waals surface area contributed by atoms with E-state index < -0.39 is 94.9 Å². The van der Waals surface area contributed by atoms with Gasteiger partial charge in [-0.15, -0.1) is 15.3 Å². The van der Waals surface area contributed by atoms with Gasteiger partial charge >= 0.3 is 12.2 Å². The van der Waals surface area contributed by atoms with Gasteiger partial charge in [0.05, 0.1) is 66.9 Å². The van der Waals surface area contributed by atoms with Crippen LogP contribution in [0, 0.1) is 19.0 Å². The van der Waals surface area contributed by atoms with E-state index in [2.05, 4.69) is 51.0 Å². The maximum atomic E-state index is 15.5. The van der Waals surface area contributed by atoms with Crippen molar-refractivity contribution in [3.05, 3.63) is 210 Å². The Morgan fingerprint density at radius 1 is 0.415 bits per heavy atom. The fourth-order valence-electron chi connectivity index (χ4n) is 11.5. The van der Waals surface area contributed by atoms with Gasteiger partial charge in [0.15, 0.2) is 5.82 Å². The van der Waals surface area contributed by atoms with E-state index in [1.807, 2.05) is 69.4 Å². The van der Waals surface area contributed by atoms with E-state index in [4.69, 9.17) is 37.9 Å². The third-order valence-corrected chi connectivity index (χ3v) is 26.4. The summed E-state index contributed by atoms with van der Waals surface area (Å²) in [5.41, 5.74) is 2.59. The van der Waals surface area contributed by atoms with Crippen molar-refractivity contribution in [2.45, 2.75) is 125 Å². The van der Waals surface area contributed by atoms with Crippen molar-refractivity contribution in [3.63, 3.8) is 0 Å². The number of benzene rings is 8. The van der Waals surface area contributed by atoms with Crippen molar-refractivity contribution < 1.29 is 81.2 Å². The molecule has 0 spiro atoms. The van der Waals surface area contributed by atoms with Crippen molar-refractivity contribution in [1.29, 1.82) is 0 Å². The number of amides is 2. The predicted octanol–water partition coefficient (Wildman–Crippen LogP) is 11.7. The molecule has 32 nitrogen and oxygen atoms in total. The molecule has 10 rings (SSSR count). The number of carbonyl (C=O) groups is 2. The number of nitrogens with one attached hydrogen (secondary N) is 4. The molecule has 0 saturated heterocycles. The highest BCUT2D eigenvalue weighted by molar-refractivity contribution is 14.1. The topological polar surface area (TPSA) is 386 Å². The van der Waals surface area contributed by atoms with Crippen LogP contribution in [0.15, 0.2) is 189 Å². The lowest BCUT2D eigenvalue weighted by molar-refractivity contribution is 0.0509. The molecule has 2 amide bonds. The number of methoxy groups -OCH3 is 6. The molecule has 2 aromatic heterocycles. The molecule has 10 aromatic rings. The van der Waals surface area contributed by atoms with E-state index in [0.717, 1.165) is 11.1 Å². The molecule has 0 bridgehead atoms. The predicted molar refractivity (Wildman–Crippen MR) is 458 cm³/mol. The summed E-state index contributed by atoms with van der Waals surface area (Å²) in [5.74, 6) is 2.73. The minimum absolute atomic E-state index is 0.00101. The maximum Gasteiger partial charge on any atom is 0.407 e. The molecule has 632 valence electrons. The van der Waals surface area contributed by atoms with Crippen LogP contribution < -0.4 is 48.5 Å². The van der Waals surface area contributed by atoms with Gasteiger partial charge in [-0.2, -0.15) is 13.4 Å². The number of hydrogen-bond acceptors (Lipinski definition) is 24. The molecule has 118 heavy (non-hydrogen) atoms. The number of halogens is 2. The number of rotatable bonds is 36. The largest absolute Gasteiger partial charge is 0.497 e. The Kier molecular flexibility index (Phi) is 31.9. The number of ether oxygens (including phenoxy) is 8. The molecule has 0 aliphatic heterocycles. The van der Waals surface area contributed by atoms with Crippen LogP contribution in [0.3, 0.4) is 0 Å². The van der Waals surface area contributed by atoms with Gasteiger partial charge in [0.2, 0.25) is 45.9 Å². The summed E-state index contributed by atoms with van der Waals surface area (Å²) in [5, 5.41) is 30.7. The molecule has 0 unspecified atom stereocenters. The molecule has 38 heteroatoms. The van der Waals surface area contributed by atoms with Crippen LogP contribution in [0.25, 0.3) is 22.8 Å². The van der Waals surface area contributed by atoms with E-state index in [0.29, 0.717) is 63.9 Å². The number of tetrazole rings is 2. The Labute approximate surface area is 715 Å². The smallest absolute Gasteiger partial charge is 0.407 e. The number of sulfonamides is 4. The van der Waals surface area contributed by atoms with Crippen LogP contribution in [0.2, 0.25) is 0 Å². The molecule has 0 radical (unpaired) electrons. The summed E-state index contributed by atoms with van der Waals surface area (Å²) in [6.45, 7) is 13.5. The van der Waals surface area contributed by atoms with Gasteiger partial charge in [-0.1, -0.05) is 86.6 Å². The zero-order valence-electron chi connectivity index (χ0n) is 67.6. The Morgan fingerprint density at radius 3 is 1.06 bits per heavy atom. The van der Waals surface area contributed by atoms with Gasteiger partial charge in [0, 0.05) is 59.5 Å². The fourth-order valence-corrected chi connectivity index (χ4v) is 20.4. The molecular weight excluding hydrogens is 1830 g/mol. The van der Waals surface area contributed by atoms with Gasteiger partial charge in [-0.05, 0) is 245 Å². The van der Waals surface area contributed by atoms with E-state index in [1.54, 1.807) is 191 Å². The lowest BCUT2D eigenvalue weighted by Gasteiger charge is -2.26. The van der Waals surface area contributed by atoms with Crippen molar-refractivity contribution in [1.82, 2.24) is 69.1 Å². The molecule has 2 heterocycles. The number of nitrogens with zero attached hydrogens (tertiary/aromatic N) is 10. The monoisotopic (exact) mass is 1920 g/mol. The average molecular weight is 1920 g/mol. The van der Waals surface area contributed by atoms with Crippen molar-refractivity contribution in [2.75, 3.05) is 68.8 Å². The molecule has 0 fully saturated rings. The van der Waals surface area contributed by atoms with Gasteiger partial charge in [0.1, 0.15) is 65.3 Å². The highest BCUT2D eigenvalue weighted by Gasteiger charge is 2.40. The van der Waals surface area contributed by atoms with Crippen LogP contribution in [-0.4, -0.2) is 175 Å². The highest BCUT2D eigenvalue weighted by atomic mass is 127. The normalized spacial score (nSPS) is 12.6. The molecular formula is C80H96I2N14O18S4. The fraction of sp³-hybridized carbons (Fsp3) is 0.350. The maximum absolute atomic E-state index is 15.5. The average Bonchev–Trinajstić information content (AvgIpc) is 1.13. The Balaban J connectivity index is 0.000000269. The van der Waals surface area contributed by atoms with E-state index in [1.165, 1.54) is 70.8 Å². The van der Waals surface area contributed by atoms with Gasteiger partial charge < -0.3 is 48.5 Å². The SMILES string of the molecule is COc1ccc(CN(Cc2ccc(OC)cc2)S(=O)(=O)c2c(S(=O)(=O)NC[C@H](C)CNC(=O)OC(C)(C)C)ccc(I)c2-c2nnn(Cc3ccc(OC)cc3)n2)cc1.COc1ccc(CN(Cc2ccc(OC)cc2)S(=O)(=O)c2c(S(=O)(=O)NC[C@H](C)CNC(=O)OC(C)(C)C)ccc(I)c2-c2nnnn2Cc2ccc(OC)cc2)cc1. The first kappa shape index (κ1) is 92.2. The van der Waals surface area contributed by atoms with E-state index >= 15 is 16.8 Å². The molecule has 0 aliphatic carbocycles. The summed E-state index contributed by atoms with van der Waals surface area (Å²) >= 11 is 3.92. The zero-order chi connectivity index (χ0) is 85.9. The minimum atomic E-state index is -4.75. The van der Waals surface area contributed by atoms with Crippen LogP contribution in [0.5, 0.6) is 34.5 Å². The molecule has 0 saturated carbocycles. The van der Waals surface area contributed by atoms with Crippen molar-refractivity contribution in [3.8, 4) is 57.3 Å². The van der Waals surface area contributed by atoms with Crippen molar-refractivity contribution in [2.24, 2.45) is 11.8 Å². The van der Waals surface area contributed by atoms with Gasteiger partial charge in [-0.3, -0.25) is 0 Å². The molecule has 4 N–H and O–H groups in total. The van der Waals surface area contributed by atoms with E-state index in [-0.39, 0.29) is 88.2 Å². The first-order chi connectivity index (χ1) is 55.8. The molecule has 8 aromatic carbocycles. The standard InChI is InChI=1S/2C40H48IN7O9S2/c1-27(22-42-39(49)57-40(2,3)4)23-43-58(50,51)35-21-20-34(41)36(38-44-45-46-48(38)26-30-12-18-33(56-7)19-13-30)37(35)59(52,53)47(24-28-8-14-31(54-5)15-9-28)25-29-10-16-32(55-6)17-11-29;1-27(22-42-39(49)57-40(2,3)4)23-43-58(50,51)35-21-20-34(41)36(38-44-46-48(45-38)26-30-12-18-33(56-7)19-13-30)37(35)59(52,53)47(24-28-8-14-31(54-5)15-9-28)25-29-10-16-32(55-6)17-11-29/h2*8-21,27,43H,22-26H2,1-7H3,(H,42,49)/t2*27-/m11/s1.